The molecular formula is C18H23ClN2O3S. The van der Waals surface area contributed by atoms with Gasteiger partial charge in [-0.05, 0) is 56.4 Å². The smallest absolute Gasteiger partial charge is 0.244 e. The number of likely N-dealkylation sites (N-methyl/N-ethyl adjacent to an activating group) is 1. The Morgan fingerprint density at radius 1 is 1.20 bits per heavy atom. The number of hydrogen-bond acceptors (Lipinski definition) is 4. The minimum absolute atomic E-state index is 0.138. The third-order valence-electron chi connectivity index (χ3n) is 3.93. The van der Waals surface area contributed by atoms with Gasteiger partial charge in [0.2, 0.25) is 10.0 Å². The van der Waals surface area contributed by atoms with Crippen molar-refractivity contribution < 1.29 is 13.2 Å². The maximum Gasteiger partial charge on any atom is 0.244 e. The van der Waals surface area contributed by atoms with Crippen LogP contribution in [0.1, 0.15) is 17.2 Å². The highest BCUT2D eigenvalue weighted by Crippen LogP contribution is 2.26. The molecule has 0 aromatic heterocycles. The van der Waals surface area contributed by atoms with E-state index in [9.17, 15) is 8.42 Å². The molecule has 1 N–H and O–H groups in total. The summed E-state index contributed by atoms with van der Waals surface area (Å²) >= 11 is 6.06. The Morgan fingerprint density at radius 2 is 1.92 bits per heavy atom. The second-order valence-corrected chi connectivity index (χ2v) is 8.21. The predicted molar refractivity (Wildman–Crippen MR) is 101 cm³/mol. The number of nitrogens with zero attached hydrogens (tertiary/aromatic N) is 1. The number of aryl methyl sites for hydroxylation is 1. The highest BCUT2D eigenvalue weighted by Gasteiger charge is 2.23. The molecule has 2 aromatic rings. The summed E-state index contributed by atoms with van der Waals surface area (Å²) in [6.07, 6.45) is 0. The average molecular weight is 383 g/mol. The Kier molecular flexibility index (Phi) is 6.46. The molecule has 7 heteroatoms. The average Bonchev–Trinajstić information content (AvgIpc) is 2.54. The molecule has 1 unspecified atom stereocenters. The first kappa shape index (κ1) is 19.7. The maximum absolute atomic E-state index is 12.8. The van der Waals surface area contributed by atoms with Gasteiger partial charge in [0.15, 0.2) is 0 Å². The van der Waals surface area contributed by atoms with Crippen LogP contribution in [0.3, 0.4) is 0 Å². The number of nitrogens with one attached hydrogen (secondary N) is 1. The van der Waals surface area contributed by atoms with E-state index < -0.39 is 10.0 Å². The molecule has 136 valence electrons. The minimum atomic E-state index is -3.71. The molecule has 0 amide bonds. The predicted octanol–water partition coefficient (Wildman–Crippen LogP) is 3.24. The molecule has 1 atom stereocenters. The standard InChI is InChI=1S/C18H23ClN2O3S/c1-13-8-9-17(24-4)18(10-13)25(22,23)20-12-16(21(2)3)14-6-5-7-15(19)11-14/h5-11,16,20H,12H2,1-4H3. The SMILES string of the molecule is COc1ccc(C)cc1S(=O)(=O)NCC(c1cccc(Cl)c1)N(C)C. The molecule has 0 aliphatic heterocycles. The molecule has 0 aliphatic carbocycles. The maximum atomic E-state index is 12.8. The molecular weight excluding hydrogens is 360 g/mol. The zero-order valence-corrected chi connectivity index (χ0v) is 16.4. The molecule has 5 nitrogen and oxygen atoms in total. The summed E-state index contributed by atoms with van der Waals surface area (Å²) in [5.41, 5.74) is 1.79. The van der Waals surface area contributed by atoms with Crippen LogP contribution in [0.2, 0.25) is 5.02 Å². The van der Waals surface area contributed by atoms with Crippen molar-refractivity contribution in [2.45, 2.75) is 17.9 Å². The van der Waals surface area contributed by atoms with E-state index in [2.05, 4.69) is 4.72 Å². The number of rotatable bonds is 7. The lowest BCUT2D eigenvalue weighted by Gasteiger charge is -2.25. The van der Waals surface area contributed by atoms with Crippen LogP contribution in [0.4, 0.5) is 0 Å². The van der Waals surface area contributed by atoms with Crippen LogP contribution >= 0.6 is 11.6 Å². The summed E-state index contributed by atoms with van der Waals surface area (Å²) in [4.78, 5) is 2.08. The Hall–Kier alpha value is -1.60. The summed E-state index contributed by atoms with van der Waals surface area (Å²) in [6, 6.07) is 12.3. The molecule has 2 aromatic carbocycles. The van der Waals surface area contributed by atoms with E-state index in [0.717, 1.165) is 11.1 Å². The van der Waals surface area contributed by atoms with E-state index in [1.54, 1.807) is 18.2 Å². The molecule has 0 fully saturated rings. The van der Waals surface area contributed by atoms with Crippen LogP contribution in [0.25, 0.3) is 0 Å². The van der Waals surface area contributed by atoms with E-state index in [4.69, 9.17) is 16.3 Å². The lowest BCUT2D eigenvalue weighted by Crippen LogP contribution is -2.34. The lowest BCUT2D eigenvalue weighted by atomic mass is 10.1. The van der Waals surface area contributed by atoms with Gasteiger partial charge in [0.1, 0.15) is 10.6 Å². The summed E-state index contributed by atoms with van der Waals surface area (Å²) in [7, 11) is 1.54. The van der Waals surface area contributed by atoms with Crippen LogP contribution in [0, 0.1) is 6.92 Å². The van der Waals surface area contributed by atoms with Crippen molar-refractivity contribution in [3.05, 3.63) is 58.6 Å². The molecule has 0 aliphatic rings. The van der Waals surface area contributed by atoms with Crippen LogP contribution in [0.15, 0.2) is 47.4 Å². The summed E-state index contributed by atoms with van der Waals surface area (Å²) in [5.74, 6) is 0.322. The zero-order valence-electron chi connectivity index (χ0n) is 14.8. The van der Waals surface area contributed by atoms with Gasteiger partial charge in [-0.3, -0.25) is 0 Å². The number of ether oxygens (including phenoxy) is 1. The first-order valence-electron chi connectivity index (χ1n) is 7.81. The van der Waals surface area contributed by atoms with Crippen molar-refractivity contribution >= 4 is 21.6 Å². The first-order chi connectivity index (χ1) is 11.7. The van der Waals surface area contributed by atoms with Gasteiger partial charge in [-0.25, -0.2) is 13.1 Å². The van der Waals surface area contributed by atoms with Crippen LogP contribution in [-0.2, 0) is 10.0 Å². The van der Waals surface area contributed by atoms with Crippen LogP contribution < -0.4 is 9.46 Å². The van der Waals surface area contributed by atoms with E-state index in [0.29, 0.717) is 10.8 Å². The third kappa shape index (κ3) is 4.95. The Bertz CT molecular complexity index is 838. The lowest BCUT2D eigenvalue weighted by molar-refractivity contribution is 0.299. The second kappa shape index (κ2) is 8.19. The fourth-order valence-corrected chi connectivity index (χ4v) is 4.06. The Balaban J connectivity index is 2.27. The first-order valence-corrected chi connectivity index (χ1v) is 9.67. The minimum Gasteiger partial charge on any atom is -0.495 e. The van der Waals surface area contributed by atoms with Gasteiger partial charge in [-0.15, -0.1) is 0 Å². The van der Waals surface area contributed by atoms with Crippen molar-refractivity contribution in [3.63, 3.8) is 0 Å². The van der Waals surface area contributed by atoms with Gasteiger partial charge in [0.25, 0.3) is 0 Å². The number of methoxy groups -OCH3 is 1. The van der Waals surface area contributed by atoms with Gasteiger partial charge in [0.05, 0.1) is 7.11 Å². The van der Waals surface area contributed by atoms with E-state index in [1.165, 1.54) is 7.11 Å². The third-order valence-corrected chi connectivity index (χ3v) is 5.61. The molecule has 25 heavy (non-hydrogen) atoms. The normalized spacial score (nSPS) is 13.0. The molecule has 2 rings (SSSR count). The van der Waals surface area contributed by atoms with Crippen molar-refractivity contribution in [2.75, 3.05) is 27.7 Å². The molecule has 0 radical (unpaired) electrons. The van der Waals surface area contributed by atoms with E-state index in [-0.39, 0.29) is 17.5 Å². The topological polar surface area (TPSA) is 58.6 Å². The van der Waals surface area contributed by atoms with E-state index >= 15 is 0 Å². The monoisotopic (exact) mass is 382 g/mol. The fraction of sp³-hybridized carbons (Fsp3) is 0.333. The number of sulfonamides is 1. The van der Waals surface area contributed by atoms with Gasteiger partial charge in [-0.1, -0.05) is 29.8 Å². The van der Waals surface area contributed by atoms with Crippen LogP contribution in [-0.4, -0.2) is 41.1 Å². The van der Waals surface area contributed by atoms with Gasteiger partial charge < -0.3 is 9.64 Å². The highest BCUT2D eigenvalue weighted by molar-refractivity contribution is 7.89. The summed E-state index contributed by atoms with van der Waals surface area (Å²) in [6.45, 7) is 2.06. The van der Waals surface area contributed by atoms with Crippen molar-refractivity contribution in [2.24, 2.45) is 0 Å². The zero-order chi connectivity index (χ0) is 18.6. The van der Waals surface area contributed by atoms with Gasteiger partial charge in [-0.2, -0.15) is 0 Å². The number of hydrogen-bond donors (Lipinski definition) is 1. The van der Waals surface area contributed by atoms with Crippen molar-refractivity contribution in [1.82, 2.24) is 9.62 Å². The molecule has 0 saturated carbocycles. The Labute approximate surface area is 154 Å². The molecule has 0 heterocycles. The van der Waals surface area contributed by atoms with Gasteiger partial charge >= 0.3 is 0 Å². The summed E-state index contributed by atoms with van der Waals surface area (Å²) in [5, 5.41) is 0.618. The second-order valence-electron chi connectivity index (χ2n) is 6.04. The highest BCUT2D eigenvalue weighted by atomic mass is 35.5. The summed E-state index contributed by atoms with van der Waals surface area (Å²) < 4.78 is 33.4. The van der Waals surface area contributed by atoms with E-state index in [1.807, 2.05) is 50.2 Å². The largest absolute Gasteiger partial charge is 0.495 e. The number of halogens is 1. The van der Waals surface area contributed by atoms with Gasteiger partial charge in [0, 0.05) is 17.6 Å². The number of benzene rings is 2. The Morgan fingerprint density at radius 3 is 2.52 bits per heavy atom. The fourth-order valence-electron chi connectivity index (χ4n) is 2.57. The van der Waals surface area contributed by atoms with Crippen molar-refractivity contribution in [1.29, 1.82) is 0 Å². The van der Waals surface area contributed by atoms with Crippen LogP contribution in [0.5, 0.6) is 5.75 Å². The molecule has 0 saturated heterocycles. The van der Waals surface area contributed by atoms with Crippen molar-refractivity contribution in [3.8, 4) is 5.75 Å². The quantitative estimate of drug-likeness (QED) is 0.798. The molecule has 0 bridgehead atoms. The molecule has 0 spiro atoms.